The third-order valence-electron chi connectivity index (χ3n) is 3.09. The van der Waals surface area contributed by atoms with Gasteiger partial charge in [-0.25, -0.2) is 0 Å². The largest absolute Gasteiger partial charge is 0.493 e. The average Bonchev–Trinajstić information content (AvgIpc) is 2.44. The first kappa shape index (κ1) is 14.1. The van der Waals surface area contributed by atoms with E-state index in [4.69, 9.17) is 4.74 Å². The lowest BCUT2D eigenvalue weighted by Crippen LogP contribution is -2.16. The molecular formula is C17H19NO2. The van der Waals surface area contributed by atoms with Crippen molar-refractivity contribution in [3.8, 4) is 5.75 Å². The molecular weight excluding hydrogens is 250 g/mol. The number of amides is 1. The molecule has 0 heterocycles. The molecule has 0 saturated heterocycles. The normalized spacial score (nSPS) is 10.1. The van der Waals surface area contributed by atoms with Gasteiger partial charge in [0.1, 0.15) is 5.75 Å². The first-order valence-electron chi connectivity index (χ1n) is 6.71. The van der Waals surface area contributed by atoms with Gasteiger partial charge in [0.2, 0.25) is 5.91 Å². The average molecular weight is 269 g/mol. The molecule has 2 aromatic rings. The number of rotatable bonds is 5. The lowest BCUT2D eigenvalue weighted by atomic mass is 10.1. The van der Waals surface area contributed by atoms with Crippen LogP contribution in [0.2, 0.25) is 0 Å². The monoisotopic (exact) mass is 269 g/mol. The molecule has 0 radical (unpaired) electrons. The van der Waals surface area contributed by atoms with Crippen LogP contribution in [0, 0.1) is 13.8 Å². The summed E-state index contributed by atoms with van der Waals surface area (Å²) in [7, 11) is 0. The Morgan fingerprint density at radius 2 is 1.65 bits per heavy atom. The van der Waals surface area contributed by atoms with Crippen LogP contribution >= 0.6 is 0 Å². The molecule has 0 spiro atoms. The highest BCUT2D eigenvalue weighted by Gasteiger charge is 2.07. The zero-order valence-corrected chi connectivity index (χ0v) is 11.8. The van der Waals surface area contributed by atoms with Gasteiger partial charge in [-0.1, -0.05) is 36.4 Å². The topological polar surface area (TPSA) is 38.3 Å². The number of nitrogens with one attached hydrogen (secondary N) is 1. The summed E-state index contributed by atoms with van der Waals surface area (Å²) in [6.45, 7) is 4.35. The van der Waals surface area contributed by atoms with Gasteiger partial charge in [0, 0.05) is 5.69 Å². The summed E-state index contributed by atoms with van der Waals surface area (Å²) >= 11 is 0. The van der Waals surface area contributed by atoms with E-state index in [1.807, 2.05) is 62.4 Å². The van der Waals surface area contributed by atoms with E-state index in [1.54, 1.807) is 0 Å². The van der Waals surface area contributed by atoms with Gasteiger partial charge >= 0.3 is 0 Å². The molecule has 2 aromatic carbocycles. The SMILES string of the molecule is Cc1cccc(C)c1NC(=O)CCOc1ccccc1. The molecule has 0 unspecified atom stereocenters. The van der Waals surface area contributed by atoms with E-state index in [-0.39, 0.29) is 5.91 Å². The molecule has 0 aliphatic carbocycles. The van der Waals surface area contributed by atoms with E-state index in [1.165, 1.54) is 0 Å². The van der Waals surface area contributed by atoms with Crippen LogP contribution in [0.15, 0.2) is 48.5 Å². The number of ether oxygens (including phenoxy) is 1. The van der Waals surface area contributed by atoms with Crippen LogP contribution in [0.3, 0.4) is 0 Å². The van der Waals surface area contributed by atoms with Crippen molar-refractivity contribution in [2.45, 2.75) is 20.3 Å². The van der Waals surface area contributed by atoms with E-state index in [0.717, 1.165) is 22.6 Å². The number of carbonyl (C=O) groups excluding carboxylic acids is 1. The maximum atomic E-state index is 11.9. The maximum Gasteiger partial charge on any atom is 0.227 e. The van der Waals surface area contributed by atoms with Crippen LogP contribution in [0.25, 0.3) is 0 Å². The summed E-state index contributed by atoms with van der Waals surface area (Å²) in [5.41, 5.74) is 3.04. The predicted molar refractivity (Wildman–Crippen MR) is 81.1 cm³/mol. The highest BCUT2D eigenvalue weighted by Crippen LogP contribution is 2.19. The fourth-order valence-electron chi connectivity index (χ4n) is 1.99. The first-order chi connectivity index (χ1) is 9.66. The second-order valence-electron chi connectivity index (χ2n) is 4.73. The highest BCUT2D eigenvalue weighted by atomic mass is 16.5. The maximum absolute atomic E-state index is 11.9. The summed E-state index contributed by atoms with van der Waals surface area (Å²) in [5, 5.41) is 2.95. The minimum Gasteiger partial charge on any atom is -0.493 e. The second kappa shape index (κ2) is 6.75. The standard InChI is InChI=1S/C17H19NO2/c1-13-7-6-8-14(2)17(13)18-16(19)11-12-20-15-9-4-3-5-10-15/h3-10H,11-12H2,1-2H3,(H,18,19). The predicted octanol–water partition coefficient (Wildman–Crippen LogP) is 3.71. The van der Waals surface area contributed by atoms with E-state index < -0.39 is 0 Å². The van der Waals surface area contributed by atoms with Crippen LogP contribution in [0.1, 0.15) is 17.5 Å². The molecule has 0 bridgehead atoms. The molecule has 0 saturated carbocycles. The van der Waals surface area contributed by atoms with Crippen molar-refractivity contribution in [1.29, 1.82) is 0 Å². The van der Waals surface area contributed by atoms with E-state index in [0.29, 0.717) is 13.0 Å². The molecule has 0 aliphatic rings. The molecule has 0 fully saturated rings. The van der Waals surface area contributed by atoms with Crippen molar-refractivity contribution in [2.24, 2.45) is 0 Å². The zero-order valence-electron chi connectivity index (χ0n) is 11.8. The van der Waals surface area contributed by atoms with Crippen molar-refractivity contribution >= 4 is 11.6 Å². The Morgan fingerprint density at radius 1 is 1.00 bits per heavy atom. The number of benzene rings is 2. The van der Waals surface area contributed by atoms with Crippen LogP contribution in [-0.4, -0.2) is 12.5 Å². The molecule has 1 amide bonds. The van der Waals surface area contributed by atoms with Crippen molar-refractivity contribution in [1.82, 2.24) is 0 Å². The molecule has 0 aliphatic heterocycles. The summed E-state index contributed by atoms with van der Waals surface area (Å²) < 4.78 is 5.51. The molecule has 0 aromatic heterocycles. The third-order valence-corrected chi connectivity index (χ3v) is 3.09. The van der Waals surface area contributed by atoms with Crippen LogP contribution in [0.5, 0.6) is 5.75 Å². The van der Waals surface area contributed by atoms with Gasteiger partial charge in [-0.3, -0.25) is 4.79 Å². The fraction of sp³-hybridized carbons (Fsp3) is 0.235. The van der Waals surface area contributed by atoms with Crippen LogP contribution < -0.4 is 10.1 Å². The number of hydrogen-bond donors (Lipinski definition) is 1. The summed E-state index contributed by atoms with van der Waals surface area (Å²) in [5.74, 6) is 0.755. The van der Waals surface area contributed by atoms with Gasteiger partial charge < -0.3 is 10.1 Å². The number of carbonyl (C=O) groups is 1. The third kappa shape index (κ3) is 3.85. The Bertz CT molecular complexity index is 559. The van der Waals surface area contributed by atoms with Crippen molar-refractivity contribution in [3.05, 3.63) is 59.7 Å². The molecule has 104 valence electrons. The Morgan fingerprint density at radius 3 is 2.30 bits per heavy atom. The van der Waals surface area contributed by atoms with Gasteiger partial charge in [0.15, 0.2) is 0 Å². The van der Waals surface area contributed by atoms with Gasteiger partial charge in [-0.05, 0) is 37.1 Å². The Labute approximate surface area is 119 Å². The lowest BCUT2D eigenvalue weighted by Gasteiger charge is -2.11. The lowest BCUT2D eigenvalue weighted by molar-refractivity contribution is -0.116. The van der Waals surface area contributed by atoms with Gasteiger partial charge in [0.25, 0.3) is 0 Å². The Kier molecular flexibility index (Phi) is 4.77. The number of anilines is 1. The summed E-state index contributed by atoms with van der Waals surface area (Å²) in [6.07, 6.45) is 0.336. The number of para-hydroxylation sites is 2. The van der Waals surface area contributed by atoms with E-state index in [9.17, 15) is 4.79 Å². The molecule has 3 nitrogen and oxygen atoms in total. The number of hydrogen-bond acceptors (Lipinski definition) is 2. The Hall–Kier alpha value is -2.29. The van der Waals surface area contributed by atoms with E-state index >= 15 is 0 Å². The minimum absolute atomic E-state index is 0.0293. The van der Waals surface area contributed by atoms with Crippen LogP contribution in [0.4, 0.5) is 5.69 Å². The second-order valence-corrected chi connectivity index (χ2v) is 4.73. The minimum atomic E-state index is -0.0293. The fourth-order valence-corrected chi connectivity index (χ4v) is 1.99. The molecule has 1 N–H and O–H groups in total. The molecule has 20 heavy (non-hydrogen) atoms. The van der Waals surface area contributed by atoms with Crippen LogP contribution in [-0.2, 0) is 4.79 Å². The molecule has 2 rings (SSSR count). The van der Waals surface area contributed by atoms with Crippen molar-refractivity contribution < 1.29 is 9.53 Å². The zero-order chi connectivity index (χ0) is 14.4. The quantitative estimate of drug-likeness (QED) is 0.898. The van der Waals surface area contributed by atoms with E-state index in [2.05, 4.69) is 5.32 Å². The summed E-state index contributed by atoms with van der Waals surface area (Å²) in [4.78, 5) is 11.9. The number of aryl methyl sites for hydroxylation is 2. The Balaban J connectivity index is 1.84. The summed E-state index contributed by atoms with van der Waals surface area (Å²) in [6, 6.07) is 15.5. The van der Waals surface area contributed by atoms with Gasteiger partial charge in [-0.15, -0.1) is 0 Å². The molecule has 0 atom stereocenters. The van der Waals surface area contributed by atoms with Gasteiger partial charge in [0.05, 0.1) is 13.0 Å². The smallest absolute Gasteiger partial charge is 0.227 e. The van der Waals surface area contributed by atoms with Crippen molar-refractivity contribution in [3.63, 3.8) is 0 Å². The molecule has 3 heteroatoms. The first-order valence-corrected chi connectivity index (χ1v) is 6.71. The van der Waals surface area contributed by atoms with Gasteiger partial charge in [-0.2, -0.15) is 0 Å². The van der Waals surface area contributed by atoms with Crippen molar-refractivity contribution in [2.75, 3.05) is 11.9 Å². The highest BCUT2D eigenvalue weighted by molar-refractivity contribution is 5.92.